The van der Waals surface area contributed by atoms with Gasteiger partial charge in [-0.3, -0.25) is 0 Å². The summed E-state index contributed by atoms with van der Waals surface area (Å²) >= 11 is 0. The van der Waals surface area contributed by atoms with Crippen molar-refractivity contribution >= 4 is 54.4 Å². The largest absolute Gasteiger partial charge is 0.309 e. The lowest BCUT2D eigenvalue weighted by Gasteiger charge is -2.11. The van der Waals surface area contributed by atoms with E-state index < -0.39 is 0 Å². The van der Waals surface area contributed by atoms with Crippen LogP contribution >= 0.6 is 0 Å². The molecule has 0 atom stereocenters. The molecule has 2 heteroatoms. The Morgan fingerprint density at radius 3 is 1.40 bits per heavy atom. The number of para-hydroxylation sites is 3. The molecule has 0 saturated carbocycles. The SMILES string of the molecule is c1ccc(-c2cccc(-n3c4ccccc4c4cc5cc6c7ccccc7n(-c7ccccc7)c6cc5cc43)c2)cc1. The van der Waals surface area contributed by atoms with Crippen LogP contribution in [0.4, 0.5) is 0 Å². The first kappa shape index (κ1) is 23.1. The summed E-state index contributed by atoms with van der Waals surface area (Å²) in [6, 6.07) is 57.2. The molecule has 0 aliphatic carbocycles. The van der Waals surface area contributed by atoms with Crippen LogP contribution < -0.4 is 0 Å². The third-order valence-electron chi connectivity index (χ3n) is 8.65. The van der Waals surface area contributed by atoms with Crippen LogP contribution in [-0.4, -0.2) is 9.13 Å². The summed E-state index contributed by atoms with van der Waals surface area (Å²) in [7, 11) is 0. The molecule has 0 N–H and O–H groups in total. The van der Waals surface area contributed by atoms with Gasteiger partial charge in [0.15, 0.2) is 0 Å². The van der Waals surface area contributed by atoms with Gasteiger partial charge in [0.1, 0.15) is 0 Å². The predicted octanol–water partition coefficient (Wildman–Crippen LogP) is 10.7. The predicted molar refractivity (Wildman–Crippen MR) is 178 cm³/mol. The van der Waals surface area contributed by atoms with Crippen LogP contribution in [0.15, 0.2) is 158 Å². The lowest BCUT2D eigenvalue weighted by atomic mass is 10.0. The van der Waals surface area contributed by atoms with E-state index >= 15 is 0 Å². The summed E-state index contributed by atoms with van der Waals surface area (Å²) in [5, 5.41) is 7.59. The van der Waals surface area contributed by atoms with E-state index in [0.29, 0.717) is 0 Å². The average Bonchev–Trinajstić information content (AvgIpc) is 3.55. The first-order chi connectivity index (χ1) is 20.8. The van der Waals surface area contributed by atoms with Gasteiger partial charge in [0.25, 0.3) is 0 Å². The van der Waals surface area contributed by atoms with Crippen LogP contribution in [0, 0.1) is 0 Å². The number of rotatable bonds is 3. The Hall–Kier alpha value is -5.60. The fourth-order valence-corrected chi connectivity index (χ4v) is 6.77. The minimum atomic E-state index is 1.17. The molecule has 0 saturated heterocycles. The summed E-state index contributed by atoms with van der Waals surface area (Å²) in [6.07, 6.45) is 0. The Balaban J connectivity index is 1.36. The second-order valence-corrected chi connectivity index (χ2v) is 11.0. The quantitative estimate of drug-likeness (QED) is 0.213. The van der Waals surface area contributed by atoms with E-state index in [-0.39, 0.29) is 0 Å². The second-order valence-electron chi connectivity index (χ2n) is 11.0. The van der Waals surface area contributed by atoms with Crippen LogP contribution in [0.25, 0.3) is 76.9 Å². The lowest BCUT2D eigenvalue weighted by molar-refractivity contribution is 1.18. The molecule has 0 radical (unpaired) electrons. The fraction of sp³-hybridized carbons (Fsp3) is 0. The summed E-state index contributed by atoms with van der Waals surface area (Å²) in [4.78, 5) is 0. The molecule has 9 aromatic rings. The highest BCUT2D eigenvalue weighted by Crippen LogP contribution is 2.39. The molecular weight excluding hydrogens is 508 g/mol. The van der Waals surface area contributed by atoms with Crippen molar-refractivity contribution in [1.82, 2.24) is 9.13 Å². The molecule has 196 valence electrons. The van der Waals surface area contributed by atoms with E-state index in [4.69, 9.17) is 0 Å². The normalized spacial score (nSPS) is 11.8. The summed E-state index contributed by atoms with van der Waals surface area (Å²) in [5.74, 6) is 0. The van der Waals surface area contributed by atoms with Crippen molar-refractivity contribution in [3.05, 3.63) is 158 Å². The number of nitrogens with zero attached hydrogens (tertiary/aromatic N) is 2. The van der Waals surface area contributed by atoms with E-state index in [1.807, 2.05) is 0 Å². The van der Waals surface area contributed by atoms with E-state index in [2.05, 4.69) is 167 Å². The first-order valence-electron chi connectivity index (χ1n) is 14.4. The highest BCUT2D eigenvalue weighted by Gasteiger charge is 2.17. The Bertz CT molecular complexity index is 2440. The smallest absolute Gasteiger partial charge is 0.0547 e. The van der Waals surface area contributed by atoms with Gasteiger partial charge in [0.2, 0.25) is 0 Å². The molecule has 7 aromatic carbocycles. The minimum Gasteiger partial charge on any atom is -0.309 e. The molecule has 0 amide bonds. The highest BCUT2D eigenvalue weighted by atomic mass is 15.0. The summed E-state index contributed by atoms with van der Waals surface area (Å²) in [5.41, 5.74) is 9.68. The molecule has 0 fully saturated rings. The minimum absolute atomic E-state index is 1.17. The van der Waals surface area contributed by atoms with Crippen molar-refractivity contribution in [3.63, 3.8) is 0 Å². The molecule has 0 bridgehead atoms. The Morgan fingerprint density at radius 1 is 0.286 bits per heavy atom. The summed E-state index contributed by atoms with van der Waals surface area (Å²) < 4.78 is 4.82. The van der Waals surface area contributed by atoms with Crippen LogP contribution in [0.3, 0.4) is 0 Å². The second kappa shape index (κ2) is 8.95. The molecule has 2 heterocycles. The van der Waals surface area contributed by atoms with Gasteiger partial charge in [0, 0.05) is 32.9 Å². The van der Waals surface area contributed by atoms with Gasteiger partial charge < -0.3 is 9.13 Å². The first-order valence-corrected chi connectivity index (χ1v) is 14.4. The van der Waals surface area contributed by atoms with Gasteiger partial charge >= 0.3 is 0 Å². The monoisotopic (exact) mass is 534 g/mol. The molecule has 2 nitrogen and oxygen atoms in total. The van der Waals surface area contributed by atoms with E-state index in [0.717, 1.165) is 0 Å². The van der Waals surface area contributed by atoms with Crippen molar-refractivity contribution in [2.24, 2.45) is 0 Å². The van der Waals surface area contributed by atoms with Crippen LogP contribution in [0.1, 0.15) is 0 Å². The highest BCUT2D eigenvalue weighted by molar-refractivity contribution is 6.18. The Labute approximate surface area is 243 Å². The van der Waals surface area contributed by atoms with Crippen molar-refractivity contribution in [2.75, 3.05) is 0 Å². The standard InChI is InChI=1S/C40H26N2/c1-3-12-27(13-4-1)28-14-11-17-32(22-28)42-38-21-10-8-19-34(38)36-24-29-23-35-33-18-7-9-20-37(33)41(31-15-5-2-6-16-31)39(35)25-30(29)26-40(36)42/h1-26H. The molecule has 0 unspecified atom stereocenters. The van der Waals surface area contributed by atoms with Crippen LogP contribution in [0.2, 0.25) is 0 Å². The Kier molecular flexibility index (Phi) is 4.93. The van der Waals surface area contributed by atoms with Crippen LogP contribution in [0.5, 0.6) is 0 Å². The zero-order valence-electron chi connectivity index (χ0n) is 22.9. The third kappa shape index (κ3) is 3.39. The number of hydrogen-bond donors (Lipinski definition) is 0. The zero-order valence-corrected chi connectivity index (χ0v) is 22.9. The molecule has 0 aliphatic heterocycles. The Morgan fingerprint density at radius 2 is 0.762 bits per heavy atom. The van der Waals surface area contributed by atoms with Crippen molar-refractivity contribution in [3.8, 4) is 22.5 Å². The number of fused-ring (bicyclic) bond motifs is 7. The van der Waals surface area contributed by atoms with E-state index in [1.165, 1.54) is 76.9 Å². The van der Waals surface area contributed by atoms with Gasteiger partial charge in [-0.1, -0.05) is 97.1 Å². The summed E-state index contributed by atoms with van der Waals surface area (Å²) in [6.45, 7) is 0. The van der Waals surface area contributed by atoms with Gasteiger partial charge in [-0.2, -0.15) is 0 Å². The molecule has 2 aromatic heterocycles. The van der Waals surface area contributed by atoms with E-state index in [1.54, 1.807) is 0 Å². The maximum Gasteiger partial charge on any atom is 0.0547 e. The maximum absolute atomic E-state index is 2.42. The van der Waals surface area contributed by atoms with Gasteiger partial charge in [-0.25, -0.2) is 0 Å². The molecular formula is C40H26N2. The van der Waals surface area contributed by atoms with Crippen molar-refractivity contribution < 1.29 is 0 Å². The lowest BCUT2D eigenvalue weighted by Crippen LogP contribution is -1.95. The molecule has 42 heavy (non-hydrogen) atoms. The number of hydrogen-bond acceptors (Lipinski definition) is 0. The third-order valence-corrected chi connectivity index (χ3v) is 8.65. The maximum atomic E-state index is 2.42. The van der Waals surface area contributed by atoms with Crippen LogP contribution in [-0.2, 0) is 0 Å². The van der Waals surface area contributed by atoms with E-state index in [9.17, 15) is 0 Å². The average molecular weight is 535 g/mol. The topological polar surface area (TPSA) is 9.86 Å². The molecule has 9 rings (SSSR count). The van der Waals surface area contributed by atoms with Gasteiger partial charge in [-0.05, 0) is 82.6 Å². The van der Waals surface area contributed by atoms with Gasteiger partial charge in [-0.15, -0.1) is 0 Å². The van der Waals surface area contributed by atoms with Crippen molar-refractivity contribution in [1.29, 1.82) is 0 Å². The van der Waals surface area contributed by atoms with Crippen molar-refractivity contribution in [2.45, 2.75) is 0 Å². The molecule has 0 aliphatic rings. The molecule has 0 spiro atoms. The fourth-order valence-electron chi connectivity index (χ4n) is 6.77. The zero-order chi connectivity index (χ0) is 27.6. The van der Waals surface area contributed by atoms with Gasteiger partial charge in [0.05, 0.1) is 22.1 Å². The number of aromatic nitrogens is 2. The number of benzene rings is 7.